The van der Waals surface area contributed by atoms with Gasteiger partial charge in [-0.3, -0.25) is 19.8 Å². The number of non-ortho nitro benzene ring substituents is 1. The van der Waals surface area contributed by atoms with Gasteiger partial charge in [-0.1, -0.05) is 12.1 Å². The van der Waals surface area contributed by atoms with E-state index in [0.29, 0.717) is 11.3 Å². The number of halogens is 2. The molecule has 160 valence electrons. The summed E-state index contributed by atoms with van der Waals surface area (Å²) < 4.78 is 33.3. The van der Waals surface area contributed by atoms with E-state index < -0.39 is 22.5 Å². The van der Waals surface area contributed by atoms with Crippen molar-refractivity contribution in [3.63, 3.8) is 0 Å². The fourth-order valence-corrected chi connectivity index (χ4v) is 3.72. The summed E-state index contributed by atoms with van der Waals surface area (Å²) in [6.45, 7) is 0. The average Bonchev–Trinajstić information content (AvgIpc) is 3.51. The van der Waals surface area contributed by atoms with Gasteiger partial charge in [0.2, 0.25) is 5.52 Å². The molecule has 1 fully saturated rings. The number of hydrogen-bond acceptors (Lipinski definition) is 6. The van der Waals surface area contributed by atoms with Crippen molar-refractivity contribution >= 4 is 34.0 Å². The smallest absolute Gasteiger partial charge is 0.274 e. The van der Waals surface area contributed by atoms with Crippen LogP contribution in [-0.2, 0) is 0 Å². The predicted molar refractivity (Wildman–Crippen MR) is 110 cm³/mol. The molecule has 4 aromatic rings. The first-order valence-electron chi connectivity index (χ1n) is 9.74. The highest BCUT2D eigenvalue weighted by atomic mass is 19.1. The number of nitrogens with zero attached hydrogens (tertiary/aromatic N) is 4. The molecular formula is C22H14F2N4O4. The summed E-state index contributed by atoms with van der Waals surface area (Å²) in [7, 11) is 0. The maximum atomic E-state index is 14.5. The molecule has 0 unspecified atom stereocenters. The van der Waals surface area contributed by atoms with Gasteiger partial charge in [-0.2, -0.15) is 0 Å². The van der Waals surface area contributed by atoms with Gasteiger partial charge < -0.3 is 0 Å². The number of amides is 1. The Morgan fingerprint density at radius 3 is 2.47 bits per heavy atom. The van der Waals surface area contributed by atoms with Gasteiger partial charge in [0.15, 0.2) is 5.52 Å². The fourth-order valence-electron chi connectivity index (χ4n) is 3.72. The van der Waals surface area contributed by atoms with Gasteiger partial charge in [0, 0.05) is 6.07 Å². The number of nitro benzene ring substituents is 1. The third-order valence-corrected chi connectivity index (χ3v) is 5.37. The Hall–Kier alpha value is -4.21. The van der Waals surface area contributed by atoms with Crippen molar-refractivity contribution in [3.8, 4) is 0 Å². The summed E-state index contributed by atoms with van der Waals surface area (Å²) in [5.74, 6) is -1.91. The van der Waals surface area contributed by atoms with E-state index in [-0.39, 0.29) is 33.9 Å². The van der Waals surface area contributed by atoms with Crippen LogP contribution in [0, 0.1) is 21.7 Å². The van der Waals surface area contributed by atoms with Crippen LogP contribution in [-0.4, -0.2) is 21.1 Å². The first-order valence-corrected chi connectivity index (χ1v) is 9.74. The number of fused-ring (bicyclic) bond motifs is 1. The topological polar surface area (TPSA) is 102 Å². The Bertz CT molecular complexity index is 1380. The maximum Gasteiger partial charge on any atom is 0.300 e. The lowest BCUT2D eigenvalue weighted by atomic mass is 10.0. The molecule has 1 heterocycles. The molecule has 0 spiro atoms. The lowest BCUT2D eigenvalue weighted by molar-refractivity contribution is -0.383. The third-order valence-electron chi connectivity index (χ3n) is 5.37. The minimum atomic E-state index is -0.742. The molecule has 0 radical (unpaired) electrons. The van der Waals surface area contributed by atoms with Crippen LogP contribution >= 0.6 is 0 Å². The number of carbonyl (C=O) groups excluding carboxylic acids is 1. The minimum absolute atomic E-state index is 0.0422. The second kappa shape index (κ2) is 7.49. The molecule has 32 heavy (non-hydrogen) atoms. The van der Waals surface area contributed by atoms with E-state index in [4.69, 9.17) is 4.63 Å². The van der Waals surface area contributed by atoms with E-state index in [1.54, 1.807) is 0 Å². The zero-order valence-electron chi connectivity index (χ0n) is 16.4. The van der Waals surface area contributed by atoms with Crippen molar-refractivity contribution in [2.75, 3.05) is 4.90 Å². The van der Waals surface area contributed by atoms with Crippen molar-refractivity contribution in [1.82, 2.24) is 10.3 Å². The quantitative estimate of drug-likeness (QED) is 0.312. The molecule has 0 N–H and O–H groups in total. The molecule has 0 aliphatic heterocycles. The number of rotatable bonds is 5. The van der Waals surface area contributed by atoms with Crippen LogP contribution < -0.4 is 4.90 Å². The molecular weight excluding hydrogens is 422 g/mol. The SMILES string of the molecule is O=C(c1ccccc1F)N(c1ccc(F)cc1C1CC1)c1ccc([N+](=O)[O-])c2nonc12. The number of carbonyl (C=O) groups is 1. The number of aromatic nitrogens is 2. The molecule has 5 rings (SSSR count). The number of benzene rings is 3. The summed E-state index contributed by atoms with van der Waals surface area (Å²) in [6.07, 6.45) is 1.64. The van der Waals surface area contributed by atoms with E-state index in [0.717, 1.165) is 18.9 Å². The molecule has 0 saturated heterocycles. The highest BCUT2D eigenvalue weighted by molar-refractivity contribution is 6.15. The molecule has 1 aliphatic carbocycles. The Morgan fingerprint density at radius 1 is 1.03 bits per heavy atom. The Balaban J connectivity index is 1.78. The first-order chi connectivity index (χ1) is 15.5. The van der Waals surface area contributed by atoms with Gasteiger partial charge in [-0.05, 0) is 71.0 Å². The summed E-state index contributed by atoms with van der Waals surface area (Å²) in [5.41, 5.74) is 0.238. The van der Waals surface area contributed by atoms with E-state index in [9.17, 15) is 23.7 Å². The lowest BCUT2D eigenvalue weighted by Gasteiger charge is -2.26. The zero-order chi connectivity index (χ0) is 22.4. The standard InChI is InChI=1S/C22H14F2N4O4/c23-13-7-8-17(15(11-13)12-5-6-12)27(22(29)14-3-1-2-4-16(14)24)18-9-10-19(28(30)31)21-20(18)25-32-26-21/h1-4,7-12H,5-6H2. The summed E-state index contributed by atoms with van der Waals surface area (Å²) in [6, 6.07) is 11.9. The molecule has 1 aromatic heterocycles. The zero-order valence-corrected chi connectivity index (χ0v) is 16.4. The van der Waals surface area contributed by atoms with E-state index in [1.807, 2.05) is 0 Å². The normalized spacial score (nSPS) is 13.3. The van der Waals surface area contributed by atoms with E-state index in [1.165, 1.54) is 53.4 Å². The molecule has 10 heteroatoms. The largest absolute Gasteiger partial charge is 0.300 e. The van der Waals surface area contributed by atoms with Crippen LogP contribution in [0.25, 0.3) is 11.0 Å². The Morgan fingerprint density at radius 2 is 1.75 bits per heavy atom. The van der Waals surface area contributed by atoms with Gasteiger partial charge in [-0.15, -0.1) is 0 Å². The predicted octanol–water partition coefficient (Wildman–Crippen LogP) is 5.27. The van der Waals surface area contributed by atoms with Gasteiger partial charge in [0.25, 0.3) is 5.91 Å². The van der Waals surface area contributed by atoms with Gasteiger partial charge in [-0.25, -0.2) is 13.4 Å². The first kappa shape index (κ1) is 19.7. The summed E-state index contributed by atoms with van der Waals surface area (Å²) >= 11 is 0. The monoisotopic (exact) mass is 436 g/mol. The van der Waals surface area contributed by atoms with Gasteiger partial charge in [0.1, 0.15) is 11.6 Å². The van der Waals surface area contributed by atoms with Crippen LogP contribution in [0.3, 0.4) is 0 Å². The van der Waals surface area contributed by atoms with Crippen LogP contribution in [0.4, 0.5) is 25.8 Å². The maximum absolute atomic E-state index is 14.5. The lowest BCUT2D eigenvalue weighted by Crippen LogP contribution is -2.28. The average molecular weight is 436 g/mol. The van der Waals surface area contributed by atoms with Crippen molar-refractivity contribution in [2.45, 2.75) is 18.8 Å². The molecule has 0 atom stereocenters. The number of nitro groups is 1. The van der Waals surface area contributed by atoms with E-state index in [2.05, 4.69) is 10.3 Å². The number of anilines is 2. The fraction of sp³-hybridized carbons (Fsp3) is 0.136. The Kier molecular flexibility index (Phi) is 4.62. The van der Waals surface area contributed by atoms with Crippen LogP contribution in [0.2, 0.25) is 0 Å². The van der Waals surface area contributed by atoms with E-state index >= 15 is 0 Å². The molecule has 0 bridgehead atoms. The summed E-state index contributed by atoms with van der Waals surface area (Å²) in [4.78, 5) is 25.5. The van der Waals surface area contributed by atoms with Crippen LogP contribution in [0.1, 0.15) is 34.7 Å². The highest BCUT2D eigenvalue weighted by Gasteiger charge is 2.34. The van der Waals surface area contributed by atoms with Crippen molar-refractivity contribution in [2.24, 2.45) is 0 Å². The third kappa shape index (κ3) is 3.25. The Labute approximate surface area is 179 Å². The molecule has 1 saturated carbocycles. The molecule has 1 aliphatic rings. The second-order valence-electron chi connectivity index (χ2n) is 7.42. The van der Waals surface area contributed by atoms with Crippen LogP contribution in [0.15, 0.2) is 59.2 Å². The second-order valence-corrected chi connectivity index (χ2v) is 7.42. The minimum Gasteiger partial charge on any atom is -0.274 e. The molecule has 3 aromatic carbocycles. The van der Waals surface area contributed by atoms with Crippen LogP contribution in [0.5, 0.6) is 0 Å². The van der Waals surface area contributed by atoms with Crippen molar-refractivity contribution < 1.29 is 23.1 Å². The van der Waals surface area contributed by atoms with Crippen molar-refractivity contribution in [1.29, 1.82) is 0 Å². The summed E-state index contributed by atoms with van der Waals surface area (Å²) in [5, 5.41) is 18.8. The van der Waals surface area contributed by atoms with Crippen molar-refractivity contribution in [3.05, 3.63) is 87.5 Å². The number of hydrogen-bond donors (Lipinski definition) is 0. The van der Waals surface area contributed by atoms with Gasteiger partial charge in [0.05, 0.1) is 21.9 Å². The molecule has 8 nitrogen and oxygen atoms in total. The molecule has 1 amide bonds. The highest BCUT2D eigenvalue weighted by Crippen LogP contribution is 2.47. The van der Waals surface area contributed by atoms with Gasteiger partial charge >= 0.3 is 5.69 Å².